The van der Waals surface area contributed by atoms with Crippen LogP contribution in [0.15, 0.2) is 4.60 Å². The van der Waals surface area contributed by atoms with Gasteiger partial charge >= 0.3 is 0 Å². The standard InChI is InChI=1S/C9H12BrN3/c1-4-8-12-7(3)9(10)13(8)6(2)5-11/h6H,4H2,1-3H3. The number of imidazole rings is 1. The molecule has 0 amide bonds. The van der Waals surface area contributed by atoms with Crippen LogP contribution in [0.5, 0.6) is 0 Å². The maximum Gasteiger partial charge on any atom is 0.120 e. The minimum atomic E-state index is -0.162. The van der Waals surface area contributed by atoms with Gasteiger partial charge in [-0.2, -0.15) is 5.26 Å². The number of nitriles is 1. The molecule has 0 saturated heterocycles. The molecule has 3 nitrogen and oxygen atoms in total. The van der Waals surface area contributed by atoms with Crippen LogP contribution in [-0.2, 0) is 6.42 Å². The lowest BCUT2D eigenvalue weighted by Gasteiger charge is -2.09. The van der Waals surface area contributed by atoms with Gasteiger partial charge in [-0.15, -0.1) is 0 Å². The maximum absolute atomic E-state index is 8.82. The molecule has 0 fully saturated rings. The van der Waals surface area contributed by atoms with Crippen LogP contribution < -0.4 is 0 Å². The molecule has 13 heavy (non-hydrogen) atoms. The first-order valence-corrected chi connectivity index (χ1v) is 5.03. The number of aryl methyl sites for hydroxylation is 2. The fourth-order valence-corrected chi connectivity index (χ4v) is 1.88. The molecule has 0 aromatic carbocycles. The van der Waals surface area contributed by atoms with Crippen LogP contribution in [0.1, 0.15) is 31.4 Å². The predicted molar refractivity (Wildman–Crippen MR) is 54.4 cm³/mol. The zero-order valence-electron chi connectivity index (χ0n) is 8.00. The van der Waals surface area contributed by atoms with E-state index in [1.807, 2.05) is 25.3 Å². The average Bonchev–Trinajstić information content (AvgIpc) is 2.42. The molecule has 0 aliphatic heterocycles. The zero-order valence-corrected chi connectivity index (χ0v) is 9.59. The number of aromatic nitrogens is 2. The van der Waals surface area contributed by atoms with Gasteiger partial charge in [-0.3, -0.25) is 0 Å². The van der Waals surface area contributed by atoms with E-state index in [9.17, 15) is 0 Å². The van der Waals surface area contributed by atoms with Gasteiger partial charge < -0.3 is 4.57 Å². The molecule has 0 bridgehead atoms. The molecule has 1 heterocycles. The van der Waals surface area contributed by atoms with E-state index in [4.69, 9.17) is 5.26 Å². The number of hydrogen-bond donors (Lipinski definition) is 0. The Morgan fingerprint density at radius 3 is 2.77 bits per heavy atom. The Labute approximate surface area is 86.5 Å². The number of rotatable bonds is 2. The van der Waals surface area contributed by atoms with E-state index in [0.29, 0.717) is 0 Å². The minimum Gasteiger partial charge on any atom is -0.306 e. The highest BCUT2D eigenvalue weighted by Gasteiger charge is 2.14. The molecule has 1 aromatic heterocycles. The third-order valence-corrected chi connectivity index (χ3v) is 2.93. The molecule has 1 atom stereocenters. The summed E-state index contributed by atoms with van der Waals surface area (Å²) in [5.74, 6) is 0.957. The molecule has 1 unspecified atom stereocenters. The number of nitrogens with zero attached hydrogens (tertiary/aromatic N) is 3. The highest BCUT2D eigenvalue weighted by Crippen LogP contribution is 2.22. The quantitative estimate of drug-likeness (QED) is 0.799. The molecule has 0 radical (unpaired) electrons. The second-order valence-corrected chi connectivity index (χ2v) is 3.68. The van der Waals surface area contributed by atoms with Gasteiger partial charge in [0.2, 0.25) is 0 Å². The van der Waals surface area contributed by atoms with E-state index in [1.165, 1.54) is 0 Å². The van der Waals surface area contributed by atoms with Crippen molar-refractivity contribution in [1.29, 1.82) is 5.26 Å². The lowest BCUT2D eigenvalue weighted by atomic mass is 10.3. The monoisotopic (exact) mass is 241 g/mol. The first-order chi connectivity index (χ1) is 6.11. The molecular formula is C9H12BrN3. The molecule has 4 heteroatoms. The Morgan fingerprint density at radius 1 is 1.69 bits per heavy atom. The van der Waals surface area contributed by atoms with Crippen LogP contribution in [0.3, 0.4) is 0 Å². The fraction of sp³-hybridized carbons (Fsp3) is 0.556. The summed E-state index contributed by atoms with van der Waals surface area (Å²) in [6, 6.07) is 2.04. The molecular weight excluding hydrogens is 230 g/mol. The van der Waals surface area contributed by atoms with Gasteiger partial charge in [0.05, 0.1) is 11.8 Å². The first kappa shape index (κ1) is 10.3. The summed E-state index contributed by atoms with van der Waals surface area (Å²) >= 11 is 3.43. The van der Waals surface area contributed by atoms with Crippen LogP contribution >= 0.6 is 15.9 Å². The molecule has 0 aliphatic rings. The molecule has 1 aromatic rings. The third kappa shape index (κ3) is 1.75. The lowest BCUT2D eigenvalue weighted by Crippen LogP contribution is -2.07. The van der Waals surface area contributed by atoms with Crippen molar-refractivity contribution in [2.45, 2.75) is 33.2 Å². The second kappa shape index (κ2) is 3.93. The van der Waals surface area contributed by atoms with E-state index in [2.05, 4.69) is 27.0 Å². The maximum atomic E-state index is 8.82. The summed E-state index contributed by atoms with van der Waals surface area (Å²) in [6.45, 7) is 5.84. The highest BCUT2D eigenvalue weighted by molar-refractivity contribution is 9.10. The number of hydrogen-bond acceptors (Lipinski definition) is 2. The smallest absolute Gasteiger partial charge is 0.120 e. The van der Waals surface area contributed by atoms with E-state index in [1.54, 1.807) is 0 Å². The van der Waals surface area contributed by atoms with Gasteiger partial charge in [-0.05, 0) is 29.8 Å². The van der Waals surface area contributed by atoms with Crippen LogP contribution in [0.25, 0.3) is 0 Å². The summed E-state index contributed by atoms with van der Waals surface area (Å²) in [5.41, 5.74) is 0.943. The van der Waals surface area contributed by atoms with Gasteiger partial charge in [0, 0.05) is 6.42 Å². The van der Waals surface area contributed by atoms with Crippen molar-refractivity contribution in [2.75, 3.05) is 0 Å². The molecule has 0 aliphatic carbocycles. The van der Waals surface area contributed by atoms with Crippen molar-refractivity contribution in [1.82, 2.24) is 9.55 Å². The molecule has 0 spiro atoms. The van der Waals surface area contributed by atoms with Gasteiger partial charge in [0.1, 0.15) is 16.5 Å². The van der Waals surface area contributed by atoms with Gasteiger partial charge in [-0.25, -0.2) is 4.98 Å². The van der Waals surface area contributed by atoms with Crippen molar-refractivity contribution < 1.29 is 0 Å². The predicted octanol–water partition coefficient (Wildman–Crippen LogP) is 2.60. The van der Waals surface area contributed by atoms with Crippen molar-refractivity contribution >= 4 is 15.9 Å². The molecule has 0 N–H and O–H groups in total. The zero-order chi connectivity index (χ0) is 10.0. The molecule has 0 saturated carbocycles. The summed E-state index contributed by atoms with van der Waals surface area (Å²) < 4.78 is 2.84. The van der Waals surface area contributed by atoms with Crippen molar-refractivity contribution in [3.63, 3.8) is 0 Å². The summed E-state index contributed by atoms with van der Waals surface area (Å²) in [7, 11) is 0. The van der Waals surface area contributed by atoms with Gasteiger partial charge in [0.15, 0.2) is 0 Å². The second-order valence-electron chi connectivity index (χ2n) is 2.93. The van der Waals surface area contributed by atoms with Crippen LogP contribution in [0, 0.1) is 18.3 Å². The lowest BCUT2D eigenvalue weighted by molar-refractivity contribution is 0.622. The minimum absolute atomic E-state index is 0.162. The Morgan fingerprint density at radius 2 is 2.31 bits per heavy atom. The number of halogens is 1. The summed E-state index contributed by atoms with van der Waals surface area (Å²) in [5, 5.41) is 8.82. The first-order valence-electron chi connectivity index (χ1n) is 4.24. The van der Waals surface area contributed by atoms with E-state index < -0.39 is 0 Å². The fourth-order valence-electron chi connectivity index (χ4n) is 1.28. The molecule has 1 rings (SSSR count). The van der Waals surface area contributed by atoms with Crippen LogP contribution in [0.4, 0.5) is 0 Å². The topological polar surface area (TPSA) is 41.6 Å². The van der Waals surface area contributed by atoms with Crippen molar-refractivity contribution in [2.24, 2.45) is 0 Å². The summed E-state index contributed by atoms with van der Waals surface area (Å²) in [4.78, 5) is 4.36. The normalized spacial score (nSPS) is 12.5. The Hall–Kier alpha value is -0.820. The summed E-state index contributed by atoms with van der Waals surface area (Å²) in [6.07, 6.45) is 0.846. The van der Waals surface area contributed by atoms with E-state index >= 15 is 0 Å². The largest absolute Gasteiger partial charge is 0.306 e. The van der Waals surface area contributed by atoms with Crippen molar-refractivity contribution in [3.8, 4) is 6.07 Å². The van der Waals surface area contributed by atoms with Crippen LogP contribution in [0.2, 0.25) is 0 Å². The van der Waals surface area contributed by atoms with Crippen molar-refractivity contribution in [3.05, 3.63) is 16.1 Å². The Kier molecular flexibility index (Phi) is 3.10. The van der Waals surface area contributed by atoms with Gasteiger partial charge in [-0.1, -0.05) is 6.92 Å². The SMILES string of the molecule is CCc1nc(C)c(Br)n1C(C)C#N. The third-order valence-electron chi connectivity index (χ3n) is 1.98. The van der Waals surface area contributed by atoms with E-state index in [-0.39, 0.29) is 6.04 Å². The molecule has 70 valence electrons. The Bertz CT molecular complexity index is 348. The average molecular weight is 242 g/mol. The van der Waals surface area contributed by atoms with Gasteiger partial charge in [0.25, 0.3) is 0 Å². The van der Waals surface area contributed by atoms with E-state index in [0.717, 1.165) is 22.5 Å². The Balaban J connectivity index is 3.25. The van der Waals surface area contributed by atoms with Crippen LogP contribution in [-0.4, -0.2) is 9.55 Å². The highest BCUT2D eigenvalue weighted by atomic mass is 79.9.